The zero-order valence-electron chi connectivity index (χ0n) is 16.5. The molecule has 32 heavy (non-hydrogen) atoms. The first kappa shape index (κ1) is 21.6. The summed E-state index contributed by atoms with van der Waals surface area (Å²) >= 11 is 1.08. The number of amides is 1. The van der Waals surface area contributed by atoms with Gasteiger partial charge in [0.25, 0.3) is 0 Å². The maximum atomic E-state index is 13.2. The molecule has 0 saturated carbocycles. The third kappa shape index (κ3) is 4.80. The number of para-hydroxylation sites is 2. The highest BCUT2D eigenvalue weighted by atomic mass is 32.2. The van der Waals surface area contributed by atoms with Crippen LogP contribution in [-0.4, -0.2) is 31.4 Å². The molecule has 4 rings (SSSR count). The second kappa shape index (κ2) is 9.23. The van der Waals surface area contributed by atoms with Crippen molar-refractivity contribution in [2.45, 2.75) is 11.3 Å². The zero-order valence-corrected chi connectivity index (χ0v) is 17.3. The van der Waals surface area contributed by atoms with Gasteiger partial charge < -0.3 is 5.32 Å². The lowest BCUT2D eigenvalue weighted by Gasteiger charge is -2.13. The fourth-order valence-electron chi connectivity index (χ4n) is 3.02. The van der Waals surface area contributed by atoms with E-state index in [0.29, 0.717) is 11.0 Å². The molecule has 0 saturated heterocycles. The highest BCUT2D eigenvalue weighted by Gasteiger charge is 2.33. The van der Waals surface area contributed by atoms with Gasteiger partial charge >= 0.3 is 6.18 Å². The van der Waals surface area contributed by atoms with Crippen molar-refractivity contribution < 1.29 is 18.0 Å². The number of hydrogen-bond acceptors (Lipinski definition) is 5. The predicted octanol–water partition coefficient (Wildman–Crippen LogP) is 5.08. The smallest absolute Gasteiger partial charge is 0.325 e. The van der Waals surface area contributed by atoms with Crippen LogP contribution in [0.1, 0.15) is 5.56 Å². The number of pyridine rings is 1. The third-order valence-corrected chi connectivity index (χ3v) is 5.35. The minimum Gasteiger partial charge on any atom is -0.325 e. The van der Waals surface area contributed by atoms with Gasteiger partial charge in [-0.15, -0.1) is 10.2 Å². The van der Waals surface area contributed by atoms with Crippen molar-refractivity contribution in [1.29, 1.82) is 0 Å². The number of nitrogens with zero attached hydrogens (tertiary/aromatic N) is 4. The maximum Gasteiger partial charge on any atom is 0.418 e. The Morgan fingerprint density at radius 3 is 2.34 bits per heavy atom. The summed E-state index contributed by atoms with van der Waals surface area (Å²) in [6.45, 7) is 0. The lowest BCUT2D eigenvalue weighted by Crippen LogP contribution is -2.18. The minimum absolute atomic E-state index is 0.145. The van der Waals surface area contributed by atoms with Crippen molar-refractivity contribution in [2.24, 2.45) is 0 Å². The fraction of sp³-hybridized carbons (Fsp3) is 0.0909. The Hall–Kier alpha value is -3.66. The Morgan fingerprint density at radius 2 is 1.62 bits per heavy atom. The number of thioether (sulfide) groups is 1. The number of nitrogens with one attached hydrogen (secondary N) is 1. The first-order chi connectivity index (χ1) is 15.4. The molecule has 0 atom stereocenters. The summed E-state index contributed by atoms with van der Waals surface area (Å²) in [5.41, 5.74) is 0.389. The van der Waals surface area contributed by atoms with Gasteiger partial charge in [0.05, 0.1) is 17.0 Å². The molecular weight excluding hydrogens is 439 g/mol. The standard InChI is InChI=1S/C22H16F3N5OS/c23-22(24,25)17-8-4-5-9-18(17)27-19(31)14-32-21-29-28-20(15-10-12-26-13-11-15)30(21)16-6-2-1-3-7-16/h1-13H,14H2,(H,27,31). The fourth-order valence-corrected chi connectivity index (χ4v) is 3.77. The molecule has 2 aromatic heterocycles. The van der Waals surface area contributed by atoms with Gasteiger partial charge in [-0.25, -0.2) is 0 Å². The highest BCUT2D eigenvalue weighted by molar-refractivity contribution is 7.99. The minimum atomic E-state index is -4.57. The van der Waals surface area contributed by atoms with Crippen molar-refractivity contribution in [1.82, 2.24) is 19.7 Å². The van der Waals surface area contributed by atoms with Crippen LogP contribution in [0.3, 0.4) is 0 Å². The van der Waals surface area contributed by atoms with Gasteiger partial charge in [0.15, 0.2) is 11.0 Å². The van der Waals surface area contributed by atoms with Crippen LogP contribution in [0.25, 0.3) is 17.1 Å². The Morgan fingerprint density at radius 1 is 0.938 bits per heavy atom. The number of carbonyl (C=O) groups excluding carboxylic acids is 1. The van der Waals surface area contributed by atoms with Crippen LogP contribution in [0.4, 0.5) is 18.9 Å². The van der Waals surface area contributed by atoms with Gasteiger partial charge in [-0.05, 0) is 36.4 Å². The number of rotatable bonds is 6. The van der Waals surface area contributed by atoms with Gasteiger partial charge in [-0.1, -0.05) is 42.1 Å². The number of anilines is 1. The molecule has 1 amide bonds. The van der Waals surface area contributed by atoms with E-state index in [-0.39, 0.29) is 11.4 Å². The Balaban J connectivity index is 1.57. The topological polar surface area (TPSA) is 72.7 Å². The Labute approximate surface area is 185 Å². The summed E-state index contributed by atoms with van der Waals surface area (Å²) in [5.74, 6) is -0.170. The number of hydrogen-bond donors (Lipinski definition) is 1. The van der Waals surface area contributed by atoms with Crippen LogP contribution in [0.15, 0.2) is 84.3 Å². The van der Waals surface area contributed by atoms with Gasteiger partial charge in [-0.3, -0.25) is 14.3 Å². The molecule has 6 nitrogen and oxygen atoms in total. The molecule has 0 aliphatic heterocycles. The van der Waals surface area contributed by atoms with Crippen molar-refractivity contribution in [3.8, 4) is 17.1 Å². The molecule has 0 radical (unpaired) electrons. The molecule has 0 aliphatic carbocycles. The van der Waals surface area contributed by atoms with Crippen molar-refractivity contribution >= 4 is 23.4 Å². The van der Waals surface area contributed by atoms with Crippen molar-refractivity contribution in [3.63, 3.8) is 0 Å². The molecule has 2 heterocycles. The number of alkyl halides is 3. The largest absolute Gasteiger partial charge is 0.418 e. The van der Waals surface area contributed by atoms with E-state index in [4.69, 9.17) is 0 Å². The first-order valence-electron chi connectivity index (χ1n) is 9.43. The molecule has 0 fully saturated rings. The van der Waals surface area contributed by atoms with Crippen molar-refractivity contribution in [2.75, 3.05) is 11.1 Å². The lowest BCUT2D eigenvalue weighted by molar-refractivity contribution is -0.137. The molecule has 4 aromatic rings. The molecule has 162 valence electrons. The molecule has 0 bridgehead atoms. The van der Waals surface area contributed by atoms with Gasteiger partial charge in [0.1, 0.15) is 0 Å². The van der Waals surface area contributed by atoms with Crippen LogP contribution in [0, 0.1) is 0 Å². The second-order valence-corrected chi connectivity index (χ2v) is 7.54. The number of aromatic nitrogens is 4. The normalized spacial score (nSPS) is 11.3. The van der Waals surface area contributed by atoms with Gasteiger partial charge in [-0.2, -0.15) is 13.2 Å². The van der Waals surface area contributed by atoms with Crippen LogP contribution in [0.5, 0.6) is 0 Å². The molecule has 0 aliphatic rings. The van der Waals surface area contributed by atoms with Gasteiger partial charge in [0, 0.05) is 23.6 Å². The summed E-state index contributed by atoms with van der Waals surface area (Å²) in [6.07, 6.45) is -1.29. The number of carbonyl (C=O) groups is 1. The lowest BCUT2D eigenvalue weighted by atomic mass is 10.1. The monoisotopic (exact) mass is 455 g/mol. The van der Waals surface area contributed by atoms with Crippen LogP contribution in [-0.2, 0) is 11.0 Å². The zero-order chi connectivity index (χ0) is 22.6. The van der Waals surface area contributed by atoms with Crippen molar-refractivity contribution in [3.05, 3.63) is 84.7 Å². The second-order valence-electron chi connectivity index (χ2n) is 6.59. The summed E-state index contributed by atoms with van der Waals surface area (Å²) in [6, 6.07) is 17.8. The van der Waals surface area contributed by atoms with Crippen LogP contribution in [0.2, 0.25) is 0 Å². The van der Waals surface area contributed by atoms with E-state index < -0.39 is 17.6 Å². The Kier molecular flexibility index (Phi) is 6.22. The third-order valence-electron chi connectivity index (χ3n) is 4.43. The number of benzene rings is 2. The van der Waals surface area contributed by atoms with Crippen LogP contribution >= 0.6 is 11.8 Å². The summed E-state index contributed by atoms with van der Waals surface area (Å²) in [5, 5.41) is 11.2. The van der Waals surface area contributed by atoms with E-state index in [1.165, 1.54) is 18.2 Å². The average molecular weight is 455 g/mol. The highest BCUT2D eigenvalue weighted by Crippen LogP contribution is 2.35. The molecule has 10 heteroatoms. The van der Waals surface area contributed by atoms with E-state index in [1.807, 2.05) is 30.3 Å². The molecular formula is C22H16F3N5OS. The van der Waals surface area contributed by atoms with E-state index in [0.717, 1.165) is 29.1 Å². The average Bonchev–Trinajstić information content (AvgIpc) is 3.22. The van der Waals surface area contributed by atoms with E-state index in [2.05, 4.69) is 20.5 Å². The summed E-state index contributed by atoms with van der Waals surface area (Å²) in [7, 11) is 0. The SMILES string of the molecule is O=C(CSc1nnc(-c2ccncc2)n1-c1ccccc1)Nc1ccccc1C(F)(F)F. The van der Waals surface area contributed by atoms with E-state index in [1.54, 1.807) is 29.1 Å². The summed E-state index contributed by atoms with van der Waals surface area (Å²) in [4.78, 5) is 16.4. The molecule has 2 aromatic carbocycles. The first-order valence-corrected chi connectivity index (χ1v) is 10.4. The molecule has 0 spiro atoms. The van der Waals surface area contributed by atoms with Gasteiger partial charge in [0.2, 0.25) is 5.91 Å². The molecule has 0 unspecified atom stereocenters. The van der Waals surface area contributed by atoms with Crippen LogP contribution < -0.4 is 5.32 Å². The number of halogens is 3. The maximum absolute atomic E-state index is 13.2. The summed E-state index contributed by atoms with van der Waals surface area (Å²) < 4.78 is 41.3. The molecule has 1 N–H and O–H groups in total. The predicted molar refractivity (Wildman–Crippen MR) is 115 cm³/mol. The Bertz CT molecular complexity index is 1210. The quantitative estimate of drug-likeness (QED) is 0.411. The van der Waals surface area contributed by atoms with E-state index in [9.17, 15) is 18.0 Å². The van der Waals surface area contributed by atoms with E-state index >= 15 is 0 Å².